The van der Waals surface area contributed by atoms with Crippen LogP contribution in [0, 0.1) is 0 Å². The number of rotatable bonds is 8. The lowest BCUT2D eigenvalue weighted by molar-refractivity contribution is -0.195. The van der Waals surface area contributed by atoms with Crippen molar-refractivity contribution >= 4 is 78.6 Å². The average molecular weight is 813 g/mol. The van der Waals surface area contributed by atoms with Gasteiger partial charge in [0, 0.05) is 47.5 Å². The lowest BCUT2D eigenvalue weighted by Gasteiger charge is -2.38. The van der Waals surface area contributed by atoms with Crippen LogP contribution in [-0.4, -0.2) is 133 Å². The molecular weight excluding hydrogens is 773 g/mol. The Morgan fingerprint density at radius 2 is 1.17 bits per heavy atom. The molecule has 4 rings (SSSR count). The Bertz CT molecular complexity index is 2190. The Morgan fingerprint density at radius 3 is 1.55 bits per heavy atom. The van der Waals surface area contributed by atoms with E-state index in [-0.39, 0.29) is 37.4 Å². The van der Waals surface area contributed by atoms with Crippen molar-refractivity contribution in [3.63, 3.8) is 0 Å². The van der Waals surface area contributed by atoms with E-state index in [0.29, 0.717) is 14.9 Å². The van der Waals surface area contributed by atoms with Crippen LogP contribution in [0.4, 0.5) is 9.59 Å². The number of hydrogen-bond donors (Lipinski definition) is 1. The molecule has 0 saturated heterocycles. The molecule has 288 valence electrons. The number of amides is 4. The number of hydrazone groups is 2. The van der Waals surface area contributed by atoms with Gasteiger partial charge in [-0.25, -0.2) is 36.4 Å². The Balaban J connectivity index is 1.84. The summed E-state index contributed by atoms with van der Waals surface area (Å²) in [5.41, 5.74) is -5.75. The second-order valence-corrected chi connectivity index (χ2v) is 19.1. The molecule has 2 aliphatic heterocycles. The van der Waals surface area contributed by atoms with Gasteiger partial charge in [-0.15, -0.1) is 28.6 Å². The molecule has 17 nitrogen and oxygen atoms in total. The van der Waals surface area contributed by atoms with Crippen LogP contribution >= 0.6 is 23.5 Å². The molecule has 0 fully saturated rings. The highest BCUT2D eigenvalue weighted by atomic mass is 32.2. The van der Waals surface area contributed by atoms with Crippen LogP contribution < -0.4 is 0 Å². The first kappa shape index (κ1) is 41.6. The van der Waals surface area contributed by atoms with Crippen molar-refractivity contribution in [2.24, 2.45) is 10.2 Å². The number of thioether (sulfide) groups is 2. The summed E-state index contributed by atoms with van der Waals surface area (Å²) >= 11 is 2.22. The number of sulfone groups is 2. The highest BCUT2D eigenvalue weighted by Gasteiger charge is 2.59. The second-order valence-electron chi connectivity index (χ2n) is 13.4. The smallest absolute Gasteiger partial charge is 0.442 e. The molecule has 0 spiro atoms. The molecule has 53 heavy (non-hydrogen) atoms. The maximum Gasteiger partial charge on any atom is 0.459 e. The Morgan fingerprint density at radius 1 is 0.774 bits per heavy atom. The van der Waals surface area contributed by atoms with E-state index in [0.717, 1.165) is 53.0 Å². The van der Waals surface area contributed by atoms with E-state index in [1.54, 1.807) is 12.5 Å². The van der Waals surface area contributed by atoms with Crippen LogP contribution in [0.25, 0.3) is 0 Å². The maximum atomic E-state index is 14.0. The van der Waals surface area contributed by atoms with Gasteiger partial charge in [-0.2, -0.15) is 15.3 Å². The molecule has 0 radical (unpaired) electrons. The third-order valence-electron chi connectivity index (χ3n) is 8.25. The number of ether oxygens (including phenoxy) is 1. The predicted octanol–water partition coefficient (Wildman–Crippen LogP) is 3.49. The van der Waals surface area contributed by atoms with Crippen LogP contribution in [0.5, 0.6) is 0 Å². The standard InChI is InChI=1S/C32H40N6O11S4/c1-30(2,3)48-29(42)38(32(5)25(34-36(7)27(32)40)19-13-15-23(53(11,46)47)21(17-19)51-9)49-28(41)37(43)31(4)24(33-35(6)26(31)39)18-12-14-22(52(10,44)45)20(16-18)50-8/h12-17,43H,1-11H3. The van der Waals surface area contributed by atoms with Gasteiger partial charge in [0.2, 0.25) is 5.54 Å². The number of carbonyl (C=O) groups is 4. The van der Waals surface area contributed by atoms with E-state index in [2.05, 4.69) is 10.2 Å². The van der Waals surface area contributed by atoms with Gasteiger partial charge in [-0.1, -0.05) is 12.1 Å². The Labute approximate surface area is 316 Å². The molecule has 0 aliphatic carbocycles. The highest BCUT2D eigenvalue weighted by Crippen LogP contribution is 2.37. The zero-order valence-corrected chi connectivity index (χ0v) is 34.1. The van der Waals surface area contributed by atoms with Gasteiger partial charge < -0.3 is 9.57 Å². The fraction of sp³-hybridized carbons (Fsp3) is 0.438. The van der Waals surface area contributed by atoms with Crippen LogP contribution in [0.15, 0.2) is 66.2 Å². The molecule has 1 N–H and O–H groups in total. The van der Waals surface area contributed by atoms with Gasteiger partial charge in [0.15, 0.2) is 25.2 Å². The highest BCUT2D eigenvalue weighted by molar-refractivity contribution is 8.00. The van der Waals surface area contributed by atoms with E-state index < -0.39 is 60.4 Å². The van der Waals surface area contributed by atoms with Crippen LogP contribution in [0.1, 0.15) is 45.7 Å². The summed E-state index contributed by atoms with van der Waals surface area (Å²) in [7, 11) is -4.76. The minimum absolute atomic E-state index is 0.00704. The second kappa shape index (κ2) is 14.2. The molecule has 0 saturated carbocycles. The summed E-state index contributed by atoms with van der Waals surface area (Å²) < 4.78 is 55.2. The number of benzene rings is 2. The number of hydrogen-bond acceptors (Lipinski definition) is 15. The largest absolute Gasteiger partial charge is 0.459 e. The van der Waals surface area contributed by atoms with Crippen molar-refractivity contribution in [1.29, 1.82) is 0 Å². The SMILES string of the molecule is CSc1cc(C2=NN(C)C(=O)C2(C)N(O)C(=O)ON(C(=O)OC(C)(C)C)C2(C)C(=O)N(C)N=C2c2ccc(S(C)(=O)=O)c(SC)c2)ccc1S(C)(=O)=O. The summed E-state index contributed by atoms with van der Waals surface area (Å²) in [6, 6.07) is 8.25. The van der Waals surface area contributed by atoms with E-state index in [1.807, 2.05) is 0 Å². The Hall–Kier alpha value is -4.18. The van der Waals surface area contributed by atoms with E-state index in [1.165, 1.54) is 78.2 Å². The number of carbonyl (C=O) groups excluding carboxylic acids is 4. The molecule has 4 amide bonds. The number of likely N-dealkylation sites (N-methyl/N-ethyl adjacent to an activating group) is 2. The monoisotopic (exact) mass is 812 g/mol. The van der Waals surface area contributed by atoms with Gasteiger partial charge in [-0.3, -0.25) is 14.8 Å². The topological polar surface area (TPSA) is 213 Å². The minimum atomic E-state index is -3.67. The minimum Gasteiger partial charge on any atom is -0.442 e. The number of nitrogens with zero attached hydrogens (tertiary/aromatic N) is 6. The summed E-state index contributed by atoms with van der Waals surface area (Å²) in [5.74, 6) is -1.79. The van der Waals surface area contributed by atoms with Crippen molar-refractivity contribution in [3.05, 3.63) is 47.5 Å². The van der Waals surface area contributed by atoms with Gasteiger partial charge in [0.1, 0.15) is 17.0 Å². The molecule has 2 aromatic rings. The fourth-order valence-corrected chi connectivity index (χ4v) is 9.54. The zero-order valence-electron chi connectivity index (χ0n) is 30.8. The lowest BCUT2D eigenvalue weighted by atomic mass is 9.89. The van der Waals surface area contributed by atoms with Crippen molar-refractivity contribution in [2.75, 3.05) is 39.1 Å². The van der Waals surface area contributed by atoms with Gasteiger partial charge >= 0.3 is 12.2 Å². The first-order valence-corrected chi connectivity index (χ1v) is 21.7. The van der Waals surface area contributed by atoms with Crippen LogP contribution in [0.3, 0.4) is 0 Å². The molecule has 2 aromatic carbocycles. The molecule has 2 atom stereocenters. The Kier molecular flexibility index (Phi) is 11.2. The lowest BCUT2D eigenvalue weighted by Crippen LogP contribution is -2.64. The summed E-state index contributed by atoms with van der Waals surface area (Å²) in [6.45, 7) is 6.94. The van der Waals surface area contributed by atoms with Crippen LogP contribution in [0.2, 0.25) is 0 Å². The number of hydroxylamine groups is 4. The van der Waals surface area contributed by atoms with Gasteiger partial charge in [0.05, 0.1) is 9.79 Å². The molecular formula is C32H40N6O11S4. The third kappa shape index (κ3) is 7.62. The molecule has 21 heteroatoms. The van der Waals surface area contributed by atoms with E-state index >= 15 is 0 Å². The van der Waals surface area contributed by atoms with Crippen molar-refractivity contribution < 1.29 is 50.8 Å². The predicted molar refractivity (Wildman–Crippen MR) is 196 cm³/mol. The van der Waals surface area contributed by atoms with Gasteiger partial charge in [-0.05, 0) is 71.4 Å². The first-order valence-electron chi connectivity index (χ1n) is 15.5. The van der Waals surface area contributed by atoms with Crippen molar-refractivity contribution in [2.45, 2.75) is 70.9 Å². The fourth-order valence-electron chi connectivity index (χ4n) is 5.63. The van der Waals surface area contributed by atoms with E-state index in [9.17, 15) is 41.2 Å². The first-order chi connectivity index (χ1) is 24.2. The third-order valence-corrected chi connectivity index (χ3v) is 12.4. The van der Waals surface area contributed by atoms with Crippen LogP contribution in [-0.2, 0) is 38.8 Å². The van der Waals surface area contributed by atoms with Crippen molar-refractivity contribution in [3.8, 4) is 0 Å². The zero-order chi connectivity index (χ0) is 40.2. The van der Waals surface area contributed by atoms with Gasteiger partial charge in [0.25, 0.3) is 11.8 Å². The molecule has 0 bridgehead atoms. The molecule has 2 aliphatic rings. The molecule has 0 aromatic heterocycles. The normalized spacial score (nSPS) is 20.7. The molecule has 2 unspecified atom stereocenters. The average Bonchev–Trinajstić information content (AvgIpc) is 3.44. The maximum absolute atomic E-state index is 14.0. The molecule has 2 heterocycles. The van der Waals surface area contributed by atoms with Crippen molar-refractivity contribution in [1.82, 2.24) is 20.1 Å². The van der Waals surface area contributed by atoms with E-state index in [4.69, 9.17) is 9.57 Å². The summed E-state index contributed by atoms with van der Waals surface area (Å²) in [4.78, 5) is 61.6. The quantitative estimate of drug-likeness (QED) is 0.230. The summed E-state index contributed by atoms with van der Waals surface area (Å²) in [6.07, 6.45) is 2.29. The summed E-state index contributed by atoms with van der Waals surface area (Å²) in [5, 5.41) is 22.1.